The molecular weight excluding hydrogens is 457 g/mol. The molecule has 5 nitrogen and oxygen atoms in total. The Bertz CT molecular complexity index is 1130. The van der Waals surface area contributed by atoms with Gasteiger partial charge in [-0.3, -0.25) is 9.78 Å². The van der Waals surface area contributed by atoms with Crippen LogP contribution in [0.25, 0.3) is 11.3 Å². The van der Waals surface area contributed by atoms with Gasteiger partial charge < -0.3 is 4.90 Å². The smallest absolute Gasteiger partial charge is 0.352 e. The molecule has 1 aromatic heterocycles. The average Bonchev–Trinajstić information content (AvgIpc) is 2.85. The highest BCUT2D eigenvalue weighted by atomic mass is 19.4. The van der Waals surface area contributed by atoms with Crippen LogP contribution in [0.4, 0.5) is 19.0 Å². The van der Waals surface area contributed by atoms with Crippen molar-refractivity contribution in [1.82, 2.24) is 4.98 Å². The maximum absolute atomic E-state index is 12.9. The molecule has 8 heteroatoms. The predicted molar refractivity (Wildman–Crippen MR) is 129 cm³/mol. The average molecular weight is 487 g/mol. The SMILES string of the molecule is CCCCN(Cc1ccc(OOC(=O)CC)c(C)c1)c1cccc(-c2ccc(C(F)(F)F)cc2)n1. The Morgan fingerprint density at radius 1 is 1.03 bits per heavy atom. The van der Waals surface area contributed by atoms with Gasteiger partial charge in [-0.2, -0.15) is 13.2 Å². The summed E-state index contributed by atoms with van der Waals surface area (Å²) >= 11 is 0. The van der Waals surface area contributed by atoms with E-state index in [0.29, 0.717) is 23.6 Å². The first kappa shape index (κ1) is 26.1. The van der Waals surface area contributed by atoms with Gasteiger partial charge in [0.05, 0.1) is 11.3 Å². The zero-order chi connectivity index (χ0) is 25.4. The van der Waals surface area contributed by atoms with Crippen LogP contribution < -0.4 is 9.79 Å². The molecule has 35 heavy (non-hydrogen) atoms. The van der Waals surface area contributed by atoms with Crippen LogP contribution >= 0.6 is 0 Å². The Morgan fingerprint density at radius 3 is 2.40 bits per heavy atom. The topological polar surface area (TPSA) is 51.7 Å². The van der Waals surface area contributed by atoms with Gasteiger partial charge in [0.1, 0.15) is 5.82 Å². The molecule has 0 N–H and O–H groups in total. The fraction of sp³-hybridized carbons (Fsp3) is 0.333. The lowest BCUT2D eigenvalue weighted by atomic mass is 10.1. The molecule has 0 unspecified atom stereocenters. The van der Waals surface area contributed by atoms with E-state index < -0.39 is 17.7 Å². The van der Waals surface area contributed by atoms with E-state index >= 15 is 0 Å². The predicted octanol–water partition coefficient (Wildman–Crippen LogP) is 7.13. The molecule has 0 fully saturated rings. The number of hydrogen-bond acceptors (Lipinski definition) is 5. The number of carbonyl (C=O) groups is 1. The molecule has 0 aliphatic carbocycles. The summed E-state index contributed by atoms with van der Waals surface area (Å²) in [5, 5.41) is 0. The zero-order valence-corrected chi connectivity index (χ0v) is 20.1. The van der Waals surface area contributed by atoms with Gasteiger partial charge in [0.2, 0.25) is 0 Å². The van der Waals surface area contributed by atoms with Crippen LogP contribution in [0.1, 0.15) is 49.8 Å². The Kier molecular flexibility index (Phi) is 8.73. The molecule has 1 heterocycles. The van der Waals surface area contributed by atoms with Crippen molar-refractivity contribution in [2.45, 2.75) is 52.8 Å². The normalized spacial score (nSPS) is 11.3. The lowest BCUT2D eigenvalue weighted by Crippen LogP contribution is -2.25. The van der Waals surface area contributed by atoms with Crippen molar-refractivity contribution in [1.29, 1.82) is 0 Å². The third-order valence-corrected chi connectivity index (χ3v) is 5.47. The second-order valence-corrected chi connectivity index (χ2v) is 8.22. The molecule has 0 amide bonds. The number of hydrogen-bond donors (Lipinski definition) is 0. The number of rotatable bonds is 10. The van der Waals surface area contributed by atoms with Gasteiger partial charge in [-0.1, -0.05) is 50.6 Å². The van der Waals surface area contributed by atoms with Crippen LogP contribution in [0.15, 0.2) is 60.7 Å². The molecule has 2 aromatic carbocycles. The summed E-state index contributed by atoms with van der Waals surface area (Å²) in [6.07, 6.45) is -2.19. The van der Waals surface area contributed by atoms with Gasteiger partial charge in [-0.05, 0) is 54.8 Å². The number of pyridine rings is 1. The highest BCUT2D eigenvalue weighted by Gasteiger charge is 2.30. The number of halogens is 3. The highest BCUT2D eigenvalue weighted by Crippen LogP contribution is 2.31. The molecule has 0 spiro atoms. The van der Waals surface area contributed by atoms with Crippen LogP contribution in [-0.2, 0) is 22.4 Å². The summed E-state index contributed by atoms with van der Waals surface area (Å²) in [4.78, 5) is 28.1. The Labute approximate surface area is 203 Å². The number of anilines is 1. The highest BCUT2D eigenvalue weighted by molar-refractivity contribution is 5.68. The van der Waals surface area contributed by atoms with E-state index in [9.17, 15) is 18.0 Å². The maximum Gasteiger partial charge on any atom is 0.416 e. The summed E-state index contributed by atoms with van der Waals surface area (Å²) in [7, 11) is 0. The third-order valence-electron chi connectivity index (χ3n) is 5.47. The molecule has 3 rings (SSSR count). The van der Waals surface area contributed by atoms with E-state index in [-0.39, 0.29) is 6.42 Å². The third kappa shape index (κ3) is 7.21. The fourth-order valence-corrected chi connectivity index (χ4v) is 3.49. The zero-order valence-electron chi connectivity index (χ0n) is 20.1. The quantitative estimate of drug-likeness (QED) is 0.225. The summed E-state index contributed by atoms with van der Waals surface area (Å²) in [5.41, 5.74) is 2.39. The lowest BCUT2D eigenvalue weighted by Gasteiger charge is -2.24. The second kappa shape index (κ2) is 11.7. The van der Waals surface area contributed by atoms with Crippen molar-refractivity contribution in [2.24, 2.45) is 0 Å². The monoisotopic (exact) mass is 486 g/mol. The number of aryl methyl sites for hydroxylation is 1. The number of aromatic nitrogens is 1. The van der Waals surface area contributed by atoms with Gasteiger partial charge in [0, 0.05) is 25.1 Å². The Morgan fingerprint density at radius 2 is 1.77 bits per heavy atom. The molecule has 186 valence electrons. The van der Waals surface area contributed by atoms with Crippen molar-refractivity contribution in [3.05, 3.63) is 77.4 Å². The van der Waals surface area contributed by atoms with E-state index in [4.69, 9.17) is 14.8 Å². The molecule has 3 aromatic rings. The maximum atomic E-state index is 12.9. The van der Waals surface area contributed by atoms with Gasteiger partial charge in [0.15, 0.2) is 5.75 Å². The van der Waals surface area contributed by atoms with Crippen LogP contribution in [0.2, 0.25) is 0 Å². The molecule has 0 aliphatic heterocycles. The van der Waals surface area contributed by atoms with E-state index in [2.05, 4.69) is 11.8 Å². The number of benzene rings is 2. The first-order chi connectivity index (χ1) is 16.7. The number of alkyl halides is 3. The minimum Gasteiger partial charge on any atom is -0.352 e. The standard InChI is InChI=1S/C27H29F3N2O3/c1-4-6-16-32(18-20-10-15-24(19(3)17-20)34-35-26(33)5-2)25-9-7-8-23(31-25)21-11-13-22(14-12-21)27(28,29)30/h7-15,17H,4-6,16,18H2,1-3H3. The van der Waals surface area contributed by atoms with Crippen molar-refractivity contribution < 1.29 is 27.7 Å². The summed E-state index contributed by atoms with van der Waals surface area (Å²) < 4.78 is 38.7. The largest absolute Gasteiger partial charge is 0.416 e. The van der Waals surface area contributed by atoms with E-state index in [1.165, 1.54) is 12.1 Å². The van der Waals surface area contributed by atoms with E-state index in [1.54, 1.807) is 19.1 Å². The van der Waals surface area contributed by atoms with Crippen molar-refractivity contribution in [2.75, 3.05) is 11.4 Å². The minimum atomic E-state index is -4.37. The van der Waals surface area contributed by atoms with E-state index in [1.807, 2.05) is 31.2 Å². The number of carbonyl (C=O) groups excluding carboxylic acids is 1. The van der Waals surface area contributed by atoms with Gasteiger partial charge in [-0.15, -0.1) is 0 Å². The van der Waals surface area contributed by atoms with Crippen molar-refractivity contribution in [3.8, 4) is 17.0 Å². The van der Waals surface area contributed by atoms with Gasteiger partial charge in [-0.25, -0.2) is 9.78 Å². The Hall–Kier alpha value is -3.55. The minimum absolute atomic E-state index is 0.224. The molecule has 0 radical (unpaired) electrons. The van der Waals surface area contributed by atoms with Crippen LogP contribution in [-0.4, -0.2) is 17.5 Å². The first-order valence-electron chi connectivity index (χ1n) is 11.6. The summed E-state index contributed by atoms with van der Waals surface area (Å²) in [6, 6.07) is 16.2. The molecule has 0 saturated carbocycles. The molecular formula is C27H29F3N2O3. The Balaban J connectivity index is 1.81. The molecule has 0 bridgehead atoms. The van der Waals surface area contributed by atoms with Crippen LogP contribution in [0.5, 0.6) is 5.75 Å². The van der Waals surface area contributed by atoms with Crippen molar-refractivity contribution >= 4 is 11.8 Å². The summed E-state index contributed by atoms with van der Waals surface area (Å²) in [5.74, 6) is 0.766. The summed E-state index contributed by atoms with van der Waals surface area (Å²) in [6.45, 7) is 7.02. The van der Waals surface area contributed by atoms with Crippen LogP contribution in [0, 0.1) is 6.92 Å². The number of unbranched alkanes of at least 4 members (excludes halogenated alkanes) is 1. The van der Waals surface area contributed by atoms with Crippen molar-refractivity contribution in [3.63, 3.8) is 0 Å². The fourth-order valence-electron chi connectivity index (χ4n) is 3.49. The molecule has 0 atom stereocenters. The van der Waals surface area contributed by atoms with Crippen LogP contribution in [0.3, 0.4) is 0 Å². The number of nitrogens with zero attached hydrogens (tertiary/aromatic N) is 2. The molecule has 0 saturated heterocycles. The second-order valence-electron chi connectivity index (χ2n) is 8.22. The van der Waals surface area contributed by atoms with Gasteiger partial charge in [0.25, 0.3) is 0 Å². The molecule has 0 aliphatic rings. The first-order valence-corrected chi connectivity index (χ1v) is 11.6. The van der Waals surface area contributed by atoms with E-state index in [0.717, 1.165) is 48.5 Å². The lowest BCUT2D eigenvalue weighted by molar-refractivity contribution is -0.213. The van der Waals surface area contributed by atoms with Gasteiger partial charge >= 0.3 is 12.1 Å².